The number of nitrogens with zero attached hydrogens (tertiary/aromatic N) is 2. The number of fused-ring (bicyclic) bond motifs is 1. The summed E-state index contributed by atoms with van der Waals surface area (Å²) in [6.45, 7) is 1.99. The Morgan fingerprint density at radius 1 is 1.13 bits per heavy atom. The monoisotopic (exact) mass is 410 g/mol. The minimum Gasteiger partial charge on any atom is -0.465 e. The number of aliphatic hydroxyl groups excluding tert-OH is 2. The van der Waals surface area contributed by atoms with E-state index in [0.717, 1.165) is 5.56 Å². The SMILES string of the molecule is CCOC(=O)[C@H]1[C@H]2C(=O)N(c3ccccc3)[C@@H](O)[C@H]2CN1[C@@H](CO)c1ccccc1. The molecule has 0 spiro atoms. The van der Waals surface area contributed by atoms with E-state index in [2.05, 4.69) is 0 Å². The maximum absolute atomic E-state index is 13.4. The maximum Gasteiger partial charge on any atom is 0.324 e. The highest BCUT2D eigenvalue weighted by Gasteiger charge is 2.61. The molecule has 0 aromatic heterocycles. The molecule has 2 N–H and O–H groups in total. The summed E-state index contributed by atoms with van der Waals surface area (Å²) in [6.07, 6.45) is -1.05. The van der Waals surface area contributed by atoms with E-state index in [-0.39, 0.29) is 19.1 Å². The first-order chi connectivity index (χ1) is 14.6. The van der Waals surface area contributed by atoms with Crippen molar-refractivity contribution in [3.63, 3.8) is 0 Å². The number of esters is 1. The van der Waals surface area contributed by atoms with Gasteiger partial charge in [-0.05, 0) is 24.6 Å². The van der Waals surface area contributed by atoms with E-state index in [9.17, 15) is 19.8 Å². The molecule has 1 amide bonds. The van der Waals surface area contributed by atoms with Crippen molar-refractivity contribution in [3.05, 3.63) is 66.2 Å². The average molecular weight is 410 g/mol. The van der Waals surface area contributed by atoms with E-state index in [1.54, 1.807) is 31.2 Å². The third-order valence-corrected chi connectivity index (χ3v) is 6.07. The van der Waals surface area contributed by atoms with Crippen LogP contribution < -0.4 is 4.90 Å². The largest absolute Gasteiger partial charge is 0.465 e. The molecule has 30 heavy (non-hydrogen) atoms. The standard InChI is InChI=1S/C23H26N2O5/c1-2-30-23(29)20-19-17(13-24(20)18(14-26)15-9-5-3-6-10-15)21(27)25(22(19)28)16-11-7-4-8-12-16/h3-12,17-21,26-27H,2,13-14H2,1H3/t17-,18-,19-,20+,21-/m0/s1. The van der Waals surface area contributed by atoms with Gasteiger partial charge in [0.15, 0.2) is 0 Å². The molecule has 7 nitrogen and oxygen atoms in total. The number of hydrogen-bond acceptors (Lipinski definition) is 6. The molecule has 2 saturated heterocycles. The highest BCUT2D eigenvalue weighted by Crippen LogP contribution is 2.45. The van der Waals surface area contributed by atoms with E-state index in [4.69, 9.17) is 4.74 Å². The molecule has 2 fully saturated rings. The molecule has 0 aliphatic carbocycles. The molecule has 0 bridgehead atoms. The Labute approximate surface area is 175 Å². The number of hydrogen-bond donors (Lipinski definition) is 2. The molecule has 7 heteroatoms. The smallest absolute Gasteiger partial charge is 0.324 e. The van der Waals surface area contributed by atoms with Crippen LogP contribution in [0.15, 0.2) is 60.7 Å². The second kappa shape index (κ2) is 8.55. The van der Waals surface area contributed by atoms with Crippen molar-refractivity contribution in [1.82, 2.24) is 4.90 Å². The number of aliphatic hydroxyl groups is 2. The van der Waals surface area contributed by atoms with Crippen molar-refractivity contribution in [3.8, 4) is 0 Å². The lowest BCUT2D eigenvalue weighted by molar-refractivity contribution is -0.152. The lowest BCUT2D eigenvalue weighted by atomic mass is 9.92. The number of likely N-dealkylation sites (tertiary alicyclic amines) is 1. The van der Waals surface area contributed by atoms with Gasteiger partial charge in [0.1, 0.15) is 12.3 Å². The fourth-order valence-electron chi connectivity index (χ4n) is 4.77. The molecule has 0 unspecified atom stereocenters. The molecule has 158 valence electrons. The summed E-state index contributed by atoms with van der Waals surface area (Å²) in [5, 5.41) is 21.2. The average Bonchev–Trinajstić information content (AvgIpc) is 3.26. The number of para-hydroxylation sites is 1. The Bertz CT molecular complexity index is 891. The first-order valence-corrected chi connectivity index (χ1v) is 10.2. The van der Waals surface area contributed by atoms with Gasteiger partial charge in [-0.2, -0.15) is 0 Å². The first kappa shape index (κ1) is 20.5. The van der Waals surface area contributed by atoms with E-state index in [0.29, 0.717) is 12.2 Å². The lowest BCUT2D eigenvalue weighted by Gasteiger charge is -2.34. The zero-order chi connectivity index (χ0) is 21.3. The van der Waals surface area contributed by atoms with Crippen LogP contribution in [0.2, 0.25) is 0 Å². The van der Waals surface area contributed by atoms with Gasteiger partial charge in [-0.15, -0.1) is 0 Å². The Hall–Kier alpha value is -2.74. The molecule has 0 radical (unpaired) electrons. The first-order valence-electron chi connectivity index (χ1n) is 10.2. The van der Waals surface area contributed by atoms with Crippen LogP contribution in [0.5, 0.6) is 0 Å². The molecular weight excluding hydrogens is 384 g/mol. The second-order valence-electron chi connectivity index (χ2n) is 7.65. The number of carbonyl (C=O) groups is 2. The minimum absolute atomic E-state index is 0.189. The third-order valence-electron chi connectivity index (χ3n) is 6.07. The van der Waals surface area contributed by atoms with Crippen LogP contribution in [0.4, 0.5) is 5.69 Å². The number of rotatable bonds is 6. The Morgan fingerprint density at radius 3 is 2.37 bits per heavy atom. The van der Waals surface area contributed by atoms with Gasteiger partial charge in [-0.1, -0.05) is 48.5 Å². The molecule has 5 atom stereocenters. The molecule has 2 aromatic rings. The molecule has 2 aromatic carbocycles. The van der Waals surface area contributed by atoms with Gasteiger partial charge in [-0.3, -0.25) is 19.4 Å². The summed E-state index contributed by atoms with van der Waals surface area (Å²) in [4.78, 5) is 29.5. The normalized spacial score (nSPS) is 27.2. The Morgan fingerprint density at radius 2 is 1.77 bits per heavy atom. The van der Waals surface area contributed by atoms with E-state index in [1.165, 1.54) is 4.90 Å². The topological polar surface area (TPSA) is 90.3 Å². The second-order valence-corrected chi connectivity index (χ2v) is 7.65. The van der Waals surface area contributed by atoms with Gasteiger partial charge in [-0.25, -0.2) is 0 Å². The Kier molecular flexibility index (Phi) is 5.85. The van der Waals surface area contributed by atoms with Gasteiger partial charge in [0.05, 0.1) is 25.2 Å². The van der Waals surface area contributed by atoms with Crippen molar-refractivity contribution < 1.29 is 24.5 Å². The zero-order valence-electron chi connectivity index (χ0n) is 16.8. The van der Waals surface area contributed by atoms with Crippen molar-refractivity contribution in [2.75, 3.05) is 24.7 Å². The number of benzene rings is 2. The van der Waals surface area contributed by atoms with Crippen LogP contribution in [-0.2, 0) is 14.3 Å². The summed E-state index contributed by atoms with van der Waals surface area (Å²) in [5.41, 5.74) is 1.44. The fraction of sp³-hybridized carbons (Fsp3) is 0.391. The van der Waals surface area contributed by atoms with Gasteiger partial charge in [0.2, 0.25) is 5.91 Å². The molecule has 2 aliphatic heterocycles. The highest BCUT2D eigenvalue weighted by molar-refractivity contribution is 6.01. The van der Waals surface area contributed by atoms with Crippen molar-refractivity contribution in [1.29, 1.82) is 0 Å². The molecule has 2 heterocycles. The van der Waals surface area contributed by atoms with Gasteiger partial charge >= 0.3 is 5.97 Å². The van der Waals surface area contributed by atoms with Gasteiger partial charge in [0.25, 0.3) is 0 Å². The van der Waals surface area contributed by atoms with Crippen molar-refractivity contribution >= 4 is 17.6 Å². The van der Waals surface area contributed by atoms with Crippen molar-refractivity contribution in [2.24, 2.45) is 11.8 Å². The summed E-state index contributed by atoms with van der Waals surface area (Å²) >= 11 is 0. The van der Waals surface area contributed by atoms with E-state index < -0.39 is 36.1 Å². The van der Waals surface area contributed by atoms with Crippen LogP contribution in [0.25, 0.3) is 0 Å². The van der Waals surface area contributed by atoms with E-state index in [1.807, 2.05) is 41.3 Å². The minimum atomic E-state index is -1.05. The van der Waals surface area contributed by atoms with E-state index >= 15 is 0 Å². The quantitative estimate of drug-likeness (QED) is 0.703. The number of amides is 1. The molecule has 4 rings (SSSR count). The summed E-state index contributed by atoms with van der Waals surface area (Å²) in [7, 11) is 0. The number of ether oxygens (including phenoxy) is 1. The summed E-state index contributed by atoms with van der Waals surface area (Å²) in [5.74, 6) is -2.01. The highest BCUT2D eigenvalue weighted by atomic mass is 16.5. The molecular formula is C23H26N2O5. The van der Waals surface area contributed by atoms with Gasteiger partial charge < -0.3 is 14.9 Å². The lowest BCUT2D eigenvalue weighted by Crippen LogP contribution is -2.48. The predicted molar refractivity (Wildman–Crippen MR) is 110 cm³/mol. The van der Waals surface area contributed by atoms with Crippen LogP contribution in [0.3, 0.4) is 0 Å². The molecule has 2 aliphatic rings. The Balaban J connectivity index is 1.71. The van der Waals surface area contributed by atoms with Crippen molar-refractivity contribution in [2.45, 2.75) is 25.2 Å². The summed E-state index contributed by atoms with van der Waals surface area (Å²) in [6, 6.07) is 17.0. The van der Waals surface area contributed by atoms with Crippen LogP contribution in [-0.4, -0.2) is 59.0 Å². The third kappa shape index (κ3) is 3.39. The number of carbonyl (C=O) groups excluding carboxylic acids is 2. The van der Waals surface area contributed by atoms with Crippen LogP contribution in [0.1, 0.15) is 18.5 Å². The zero-order valence-corrected chi connectivity index (χ0v) is 16.8. The fourth-order valence-corrected chi connectivity index (χ4v) is 4.77. The van der Waals surface area contributed by atoms with Gasteiger partial charge in [0, 0.05) is 18.2 Å². The summed E-state index contributed by atoms with van der Waals surface area (Å²) < 4.78 is 5.30. The molecule has 0 saturated carbocycles. The van der Waals surface area contributed by atoms with Crippen LogP contribution >= 0.6 is 0 Å². The number of anilines is 1. The van der Waals surface area contributed by atoms with Crippen LogP contribution in [0, 0.1) is 11.8 Å². The maximum atomic E-state index is 13.4. The predicted octanol–water partition coefficient (Wildman–Crippen LogP) is 1.56.